The first-order valence-corrected chi connectivity index (χ1v) is 7.81. The fourth-order valence-corrected chi connectivity index (χ4v) is 3.07. The highest BCUT2D eigenvalue weighted by atomic mass is 32.1. The molecule has 0 atom stereocenters. The Morgan fingerprint density at radius 2 is 2.19 bits per heavy atom. The molecule has 3 rings (SSSR count). The Morgan fingerprint density at radius 1 is 1.33 bits per heavy atom. The zero-order chi connectivity index (χ0) is 14.7. The summed E-state index contributed by atoms with van der Waals surface area (Å²) in [6.07, 6.45) is 5.03. The van der Waals surface area contributed by atoms with Gasteiger partial charge in [-0.15, -0.1) is 17.3 Å². The highest BCUT2D eigenvalue weighted by molar-refractivity contribution is 7.11. The SMILES string of the molecule is CC#Cc1cc(Nc2ncc3c(n2)CCCCC3=O)cs1. The highest BCUT2D eigenvalue weighted by Crippen LogP contribution is 2.23. The number of aryl methyl sites for hydroxylation is 1. The fourth-order valence-electron chi connectivity index (χ4n) is 2.33. The third-order valence-electron chi connectivity index (χ3n) is 3.34. The van der Waals surface area contributed by atoms with Crippen molar-refractivity contribution >= 4 is 28.8 Å². The summed E-state index contributed by atoms with van der Waals surface area (Å²) in [5.41, 5.74) is 2.47. The molecule has 4 nitrogen and oxygen atoms in total. The summed E-state index contributed by atoms with van der Waals surface area (Å²) in [5, 5.41) is 5.16. The van der Waals surface area contributed by atoms with E-state index in [1.807, 2.05) is 18.4 Å². The number of hydrogen-bond acceptors (Lipinski definition) is 5. The van der Waals surface area contributed by atoms with Gasteiger partial charge in [-0.25, -0.2) is 9.97 Å². The smallest absolute Gasteiger partial charge is 0.227 e. The van der Waals surface area contributed by atoms with Crippen molar-refractivity contribution in [3.8, 4) is 11.8 Å². The summed E-state index contributed by atoms with van der Waals surface area (Å²) < 4.78 is 0. The molecule has 0 fully saturated rings. The van der Waals surface area contributed by atoms with Crippen LogP contribution in [0.5, 0.6) is 0 Å². The van der Waals surface area contributed by atoms with E-state index in [4.69, 9.17) is 0 Å². The molecule has 2 aromatic rings. The number of nitrogens with one attached hydrogen (secondary N) is 1. The molecule has 0 aromatic carbocycles. The molecule has 1 N–H and O–H groups in total. The van der Waals surface area contributed by atoms with Crippen LogP contribution in [0.25, 0.3) is 0 Å². The van der Waals surface area contributed by atoms with Crippen molar-refractivity contribution < 1.29 is 4.79 Å². The molecular formula is C16H15N3OS. The van der Waals surface area contributed by atoms with Crippen LogP contribution in [0.15, 0.2) is 17.6 Å². The Kier molecular flexibility index (Phi) is 3.98. The largest absolute Gasteiger partial charge is 0.323 e. The molecule has 106 valence electrons. The van der Waals surface area contributed by atoms with Crippen LogP contribution < -0.4 is 5.32 Å². The Morgan fingerprint density at radius 3 is 3.05 bits per heavy atom. The minimum Gasteiger partial charge on any atom is -0.323 e. The molecule has 1 aliphatic carbocycles. The molecule has 0 saturated heterocycles. The van der Waals surface area contributed by atoms with Crippen LogP contribution in [-0.2, 0) is 6.42 Å². The molecule has 0 aliphatic heterocycles. The fraction of sp³-hybridized carbons (Fsp3) is 0.312. The van der Waals surface area contributed by atoms with E-state index >= 15 is 0 Å². The Balaban J connectivity index is 1.84. The Bertz CT molecular complexity index is 739. The number of carbonyl (C=O) groups excluding carboxylic acids is 1. The first-order valence-electron chi connectivity index (χ1n) is 6.93. The summed E-state index contributed by atoms with van der Waals surface area (Å²) in [7, 11) is 0. The van der Waals surface area contributed by atoms with Gasteiger partial charge in [0.2, 0.25) is 5.95 Å². The predicted molar refractivity (Wildman–Crippen MR) is 84.1 cm³/mol. The summed E-state index contributed by atoms with van der Waals surface area (Å²) in [5.74, 6) is 6.60. The van der Waals surface area contributed by atoms with Crippen LogP contribution in [-0.4, -0.2) is 15.8 Å². The van der Waals surface area contributed by atoms with E-state index in [0.29, 0.717) is 17.9 Å². The van der Waals surface area contributed by atoms with Gasteiger partial charge in [-0.2, -0.15) is 0 Å². The summed E-state index contributed by atoms with van der Waals surface area (Å²) in [6, 6.07) is 1.97. The quantitative estimate of drug-likeness (QED) is 0.680. The van der Waals surface area contributed by atoms with Gasteiger partial charge in [0.15, 0.2) is 5.78 Å². The maximum Gasteiger partial charge on any atom is 0.227 e. The van der Waals surface area contributed by atoms with E-state index in [-0.39, 0.29) is 5.78 Å². The maximum absolute atomic E-state index is 11.9. The van der Waals surface area contributed by atoms with E-state index in [2.05, 4.69) is 27.1 Å². The molecule has 0 amide bonds. The van der Waals surface area contributed by atoms with Gasteiger partial charge < -0.3 is 5.32 Å². The number of aromatic nitrogens is 2. The number of rotatable bonds is 2. The molecule has 0 radical (unpaired) electrons. The first-order chi connectivity index (χ1) is 10.3. The van der Waals surface area contributed by atoms with Gasteiger partial charge in [-0.1, -0.05) is 5.92 Å². The van der Waals surface area contributed by atoms with E-state index < -0.39 is 0 Å². The number of carbonyl (C=O) groups is 1. The third kappa shape index (κ3) is 3.11. The minimum atomic E-state index is 0.157. The second kappa shape index (κ2) is 6.06. The molecule has 0 spiro atoms. The molecule has 1 aliphatic rings. The van der Waals surface area contributed by atoms with Gasteiger partial charge >= 0.3 is 0 Å². The topological polar surface area (TPSA) is 54.9 Å². The Hall–Kier alpha value is -2.19. The van der Waals surface area contributed by atoms with Crippen LogP contribution in [0.1, 0.15) is 47.1 Å². The van der Waals surface area contributed by atoms with Crippen molar-refractivity contribution in [3.63, 3.8) is 0 Å². The van der Waals surface area contributed by atoms with Crippen molar-refractivity contribution in [2.24, 2.45) is 0 Å². The standard InChI is InChI=1S/C16H15N3OS/c1-2-5-12-8-11(10-21-12)18-16-17-9-13-14(19-16)6-3-4-7-15(13)20/h8-10H,3-4,6-7H2,1H3,(H,17,18,19). The number of nitrogens with zero attached hydrogens (tertiary/aromatic N) is 2. The molecule has 0 bridgehead atoms. The number of anilines is 2. The van der Waals surface area contributed by atoms with Crippen molar-refractivity contribution in [1.82, 2.24) is 9.97 Å². The summed E-state index contributed by atoms with van der Waals surface area (Å²) in [6.45, 7) is 1.82. The lowest BCUT2D eigenvalue weighted by molar-refractivity contribution is 0.0981. The van der Waals surface area contributed by atoms with Crippen LogP contribution in [0.3, 0.4) is 0 Å². The molecule has 0 saturated carbocycles. The second-order valence-corrected chi connectivity index (χ2v) is 5.80. The molecule has 5 heteroatoms. The maximum atomic E-state index is 11.9. The normalized spacial score (nSPS) is 13.9. The molecule has 2 heterocycles. The summed E-state index contributed by atoms with van der Waals surface area (Å²) in [4.78, 5) is 21.7. The average Bonchev–Trinajstić information content (AvgIpc) is 2.82. The van der Waals surface area contributed by atoms with Gasteiger partial charge in [-0.3, -0.25) is 4.79 Å². The number of hydrogen-bond donors (Lipinski definition) is 1. The molecule has 0 unspecified atom stereocenters. The van der Waals surface area contributed by atoms with Crippen molar-refractivity contribution in [2.75, 3.05) is 5.32 Å². The van der Waals surface area contributed by atoms with Crippen LogP contribution >= 0.6 is 11.3 Å². The van der Waals surface area contributed by atoms with E-state index in [0.717, 1.165) is 35.5 Å². The van der Waals surface area contributed by atoms with Gasteiger partial charge in [-0.05, 0) is 32.3 Å². The third-order valence-corrected chi connectivity index (χ3v) is 4.18. The van der Waals surface area contributed by atoms with Crippen LogP contribution in [0.2, 0.25) is 0 Å². The Labute approximate surface area is 127 Å². The van der Waals surface area contributed by atoms with Crippen molar-refractivity contribution in [2.45, 2.75) is 32.6 Å². The zero-order valence-corrected chi connectivity index (χ0v) is 12.6. The van der Waals surface area contributed by atoms with Crippen LogP contribution in [0.4, 0.5) is 11.6 Å². The van der Waals surface area contributed by atoms with E-state index in [1.165, 1.54) is 0 Å². The number of fused-ring (bicyclic) bond motifs is 1. The molecular weight excluding hydrogens is 282 g/mol. The molecule has 21 heavy (non-hydrogen) atoms. The van der Waals surface area contributed by atoms with Gasteiger partial charge in [0.05, 0.1) is 21.8 Å². The number of thiophene rings is 1. The van der Waals surface area contributed by atoms with Gasteiger partial charge in [0.25, 0.3) is 0 Å². The summed E-state index contributed by atoms with van der Waals surface area (Å²) >= 11 is 1.58. The van der Waals surface area contributed by atoms with E-state index in [1.54, 1.807) is 17.5 Å². The lowest BCUT2D eigenvalue weighted by Crippen LogP contribution is -2.06. The van der Waals surface area contributed by atoms with Gasteiger partial charge in [0, 0.05) is 18.0 Å². The minimum absolute atomic E-state index is 0.157. The lowest BCUT2D eigenvalue weighted by Gasteiger charge is -2.06. The monoisotopic (exact) mass is 297 g/mol. The van der Waals surface area contributed by atoms with Crippen molar-refractivity contribution in [3.05, 3.63) is 33.8 Å². The van der Waals surface area contributed by atoms with Crippen LogP contribution in [0, 0.1) is 11.8 Å². The van der Waals surface area contributed by atoms with E-state index in [9.17, 15) is 4.79 Å². The number of Topliss-reactive ketones (excluding diaryl/α,β-unsaturated/α-hetero) is 1. The predicted octanol–water partition coefficient (Wildman–Crippen LogP) is 3.56. The average molecular weight is 297 g/mol. The zero-order valence-electron chi connectivity index (χ0n) is 11.8. The first kappa shape index (κ1) is 13.8. The highest BCUT2D eigenvalue weighted by Gasteiger charge is 2.17. The van der Waals surface area contributed by atoms with Crippen molar-refractivity contribution in [1.29, 1.82) is 0 Å². The molecule has 2 aromatic heterocycles. The van der Waals surface area contributed by atoms with Gasteiger partial charge in [0.1, 0.15) is 0 Å². The second-order valence-electron chi connectivity index (χ2n) is 4.88. The lowest BCUT2D eigenvalue weighted by atomic mass is 10.1. The number of ketones is 1.